The van der Waals surface area contributed by atoms with Gasteiger partial charge < -0.3 is 39.8 Å². The number of nitrogens with zero attached hydrogens (tertiary/aromatic N) is 5. The van der Waals surface area contributed by atoms with Gasteiger partial charge in [-0.05, 0) is 60.6 Å². The summed E-state index contributed by atoms with van der Waals surface area (Å²) < 4.78 is 4.75. The summed E-state index contributed by atoms with van der Waals surface area (Å²) >= 11 is 0. The van der Waals surface area contributed by atoms with Gasteiger partial charge in [-0.1, -0.05) is 51.7 Å². The number of carbonyl (C=O) groups is 3. The number of H-pyrrole nitrogens is 2. The largest absolute Gasteiger partial charge is 0.453 e. The molecular weight excluding hydrogens is 704 g/mol. The predicted molar refractivity (Wildman–Crippen MR) is 204 cm³/mol. The second-order valence-corrected chi connectivity index (χ2v) is 14.5. The molecule has 2 aromatic heterocycles. The maximum absolute atomic E-state index is 13.5. The van der Waals surface area contributed by atoms with Crippen LogP contribution in [0.1, 0.15) is 81.8 Å². The van der Waals surface area contributed by atoms with Gasteiger partial charge in [-0.15, -0.1) is 0 Å². The van der Waals surface area contributed by atoms with Crippen LogP contribution in [0.25, 0.3) is 22.3 Å². The summed E-state index contributed by atoms with van der Waals surface area (Å²) in [4.78, 5) is 72.2. The van der Waals surface area contributed by atoms with E-state index < -0.39 is 30.3 Å². The number of hydrogen-bond donors (Lipinski definition) is 4. The van der Waals surface area contributed by atoms with Gasteiger partial charge in [0.25, 0.3) is 0 Å². The molecule has 4 N–H and O–H groups in total. The second kappa shape index (κ2) is 17.2. The number of alkyl carbamates (subject to hydrolysis) is 1. The molecule has 55 heavy (non-hydrogen) atoms. The van der Waals surface area contributed by atoms with Crippen LogP contribution in [0.3, 0.4) is 0 Å². The number of likely N-dealkylation sites (tertiary alicyclic amines) is 2. The first-order valence-corrected chi connectivity index (χ1v) is 18.5. The summed E-state index contributed by atoms with van der Waals surface area (Å²) in [5, 5.41) is 13.2. The molecule has 0 unspecified atom stereocenters. The fourth-order valence-corrected chi connectivity index (χ4v) is 7.13. The number of imidazole rings is 2. The maximum atomic E-state index is 13.5. The lowest BCUT2D eigenvalue weighted by Gasteiger charge is -2.29. The molecule has 3 amide bonds. The Bertz CT molecular complexity index is 2080. The number of aromatic amines is 2. The van der Waals surface area contributed by atoms with Crippen LogP contribution in [-0.2, 0) is 24.1 Å². The Morgan fingerprint density at radius 1 is 0.964 bits per heavy atom. The van der Waals surface area contributed by atoms with Crippen molar-refractivity contribution < 1.29 is 34.0 Å². The van der Waals surface area contributed by atoms with E-state index in [9.17, 15) is 19.5 Å². The van der Waals surface area contributed by atoms with Crippen molar-refractivity contribution in [3.63, 3.8) is 0 Å². The average Bonchev–Trinajstić information content (AvgIpc) is 4.00. The number of aliphatic imine (C=N–C) groups is 1. The monoisotopic (exact) mass is 752 g/mol. The molecule has 0 radical (unpaired) electrons. The minimum Gasteiger partial charge on any atom is -0.453 e. The Kier molecular flexibility index (Phi) is 12.2. The molecule has 0 saturated carbocycles. The van der Waals surface area contributed by atoms with E-state index in [1.54, 1.807) is 16.0 Å². The topological polar surface area (TPSA) is 187 Å². The van der Waals surface area contributed by atoms with Crippen molar-refractivity contribution in [3.05, 3.63) is 71.4 Å². The molecule has 0 bridgehead atoms. The third kappa shape index (κ3) is 8.82. The number of carbonyl (C=O) groups excluding carboxylic acids is 3. The number of benzene rings is 2. The zero-order chi connectivity index (χ0) is 39.2. The number of ether oxygens (including phenoxy) is 1. The van der Waals surface area contributed by atoms with Gasteiger partial charge in [0, 0.05) is 30.6 Å². The van der Waals surface area contributed by atoms with E-state index in [1.165, 1.54) is 14.2 Å². The number of nitrogens with one attached hydrogen (secondary N) is 3. The first kappa shape index (κ1) is 39.0. The van der Waals surface area contributed by atoms with Crippen LogP contribution in [0.2, 0.25) is 0 Å². The lowest BCUT2D eigenvalue weighted by Crippen LogP contribution is -2.51. The van der Waals surface area contributed by atoms with E-state index in [-0.39, 0.29) is 36.2 Å². The van der Waals surface area contributed by atoms with Gasteiger partial charge >= 0.3 is 6.09 Å². The summed E-state index contributed by atoms with van der Waals surface area (Å²) in [7, 11) is 2.64. The van der Waals surface area contributed by atoms with Gasteiger partial charge in [-0.3, -0.25) is 9.59 Å². The standard InChI is InChI=1S/C40H48N8O7/c1-23(2)34(42-22-55-54-6)38(50)48-21-28(49)19-33(48)36-41-20-31(45-36)27-14-11-25(12-15-27)9-10-26-13-16-29-30(18-26)44-37(43-29)32-8-7-17-47(32)39(51)35(24(3)4)46-40(52)53-5/h11-16,18,20,22-24,28,32-35,49H,7-8,17,19,21H2,1-6H3,(H,41,45)(H,43,44)(H,46,52)/b42-22-/t28-,32+,33+,34+,35+/m1/s1. The van der Waals surface area contributed by atoms with Crippen LogP contribution in [0.15, 0.2) is 53.7 Å². The van der Waals surface area contributed by atoms with Gasteiger partial charge in [0.1, 0.15) is 23.7 Å². The Balaban J connectivity index is 1.13. The Morgan fingerprint density at radius 2 is 1.71 bits per heavy atom. The van der Waals surface area contributed by atoms with Crippen molar-refractivity contribution >= 4 is 35.3 Å². The number of β-amino-alcohol motifs (C(OH)–C–C–N with tert-alkyl or cyclic N) is 1. The molecule has 4 aromatic rings. The molecule has 15 nitrogen and oxygen atoms in total. The molecule has 5 atom stereocenters. The number of rotatable bonds is 11. The molecule has 0 spiro atoms. The minimum atomic E-state index is -0.702. The van der Waals surface area contributed by atoms with Crippen LogP contribution in [0.4, 0.5) is 4.79 Å². The van der Waals surface area contributed by atoms with E-state index in [0.717, 1.165) is 52.7 Å². The number of aliphatic hydroxyl groups is 1. The van der Waals surface area contributed by atoms with Crippen LogP contribution in [-0.4, -0.2) is 105 Å². The Morgan fingerprint density at radius 3 is 2.42 bits per heavy atom. The molecule has 6 rings (SSSR count). The molecule has 15 heteroatoms. The van der Waals surface area contributed by atoms with Crippen molar-refractivity contribution in [1.29, 1.82) is 0 Å². The quantitative estimate of drug-likeness (QED) is 0.0556. The van der Waals surface area contributed by atoms with Gasteiger partial charge in [0.05, 0.1) is 55.3 Å². The van der Waals surface area contributed by atoms with E-state index >= 15 is 0 Å². The molecule has 0 aliphatic carbocycles. The number of amides is 3. The van der Waals surface area contributed by atoms with Crippen LogP contribution < -0.4 is 5.32 Å². The van der Waals surface area contributed by atoms with Crippen LogP contribution in [0, 0.1) is 23.7 Å². The van der Waals surface area contributed by atoms with Gasteiger partial charge in [-0.2, -0.15) is 4.89 Å². The molecule has 2 saturated heterocycles. The van der Waals surface area contributed by atoms with Crippen molar-refractivity contribution in [2.24, 2.45) is 16.8 Å². The lowest BCUT2D eigenvalue weighted by molar-refractivity contribution is -0.188. The Hall–Kier alpha value is -5.72. The van der Waals surface area contributed by atoms with Gasteiger partial charge in [0.15, 0.2) is 0 Å². The number of fused-ring (bicyclic) bond motifs is 1. The Labute approximate surface area is 319 Å². The third-order valence-electron chi connectivity index (χ3n) is 10.0. The van der Waals surface area contributed by atoms with Gasteiger partial charge in [-0.25, -0.2) is 19.8 Å². The highest BCUT2D eigenvalue weighted by molar-refractivity contribution is 5.87. The van der Waals surface area contributed by atoms with Crippen LogP contribution >= 0.6 is 0 Å². The summed E-state index contributed by atoms with van der Waals surface area (Å²) in [5.74, 6) is 7.17. The summed E-state index contributed by atoms with van der Waals surface area (Å²) in [6.07, 6.45) is 3.48. The van der Waals surface area contributed by atoms with Crippen LogP contribution in [0.5, 0.6) is 0 Å². The third-order valence-corrected chi connectivity index (χ3v) is 10.0. The molecule has 2 aromatic carbocycles. The summed E-state index contributed by atoms with van der Waals surface area (Å²) in [6, 6.07) is 11.5. The zero-order valence-electron chi connectivity index (χ0n) is 31.9. The van der Waals surface area contributed by atoms with Crippen molar-refractivity contribution in [2.75, 3.05) is 27.3 Å². The van der Waals surface area contributed by atoms with E-state index in [4.69, 9.17) is 14.6 Å². The SMILES string of the molecule is COO/C=N\[C@H](C(=O)N1C[C@H](O)C[C@H]1c1ncc(-c2ccc(C#Cc3ccc4nc([C@@H]5CCCN5C(=O)[C@@H](NC(=O)OC)C(C)C)[nH]c4c3)cc2)[nH]1)C(C)C. The fraction of sp³-hybridized carbons (Fsp3) is 0.450. The highest BCUT2D eigenvalue weighted by atomic mass is 17.2. The molecule has 2 aliphatic rings. The van der Waals surface area contributed by atoms with E-state index in [1.807, 2.05) is 70.2 Å². The predicted octanol–water partition coefficient (Wildman–Crippen LogP) is 4.66. The highest BCUT2D eigenvalue weighted by Gasteiger charge is 2.41. The molecule has 2 aliphatic heterocycles. The maximum Gasteiger partial charge on any atom is 0.407 e. The first-order chi connectivity index (χ1) is 26.5. The lowest BCUT2D eigenvalue weighted by atomic mass is 10.0. The van der Waals surface area contributed by atoms with Gasteiger partial charge in [0.2, 0.25) is 18.2 Å². The van der Waals surface area contributed by atoms with E-state index in [0.29, 0.717) is 24.6 Å². The van der Waals surface area contributed by atoms with Crippen molar-refractivity contribution in [3.8, 4) is 23.1 Å². The number of aliphatic hydroxyl groups excluding tert-OH is 1. The summed E-state index contributed by atoms with van der Waals surface area (Å²) in [5.41, 5.74) is 4.90. The average molecular weight is 753 g/mol. The van der Waals surface area contributed by atoms with Crippen molar-refractivity contribution in [2.45, 2.75) is 77.2 Å². The smallest absolute Gasteiger partial charge is 0.407 e. The highest BCUT2D eigenvalue weighted by Crippen LogP contribution is 2.34. The molecule has 4 heterocycles. The zero-order valence-corrected chi connectivity index (χ0v) is 31.9. The first-order valence-electron chi connectivity index (χ1n) is 18.5. The fourth-order valence-electron chi connectivity index (χ4n) is 7.13. The molecule has 2 fully saturated rings. The normalized spacial score (nSPS) is 19.5. The minimum absolute atomic E-state index is 0.105. The summed E-state index contributed by atoms with van der Waals surface area (Å²) in [6.45, 7) is 8.34. The number of hydrogen-bond acceptors (Lipinski definition) is 10. The second-order valence-electron chi connectivity index (χ2n) is 14.5. The molecular formula is C40H48N8O7. The van der Waals surface area contributed by atoms with Crippen molar-refractivity contribution in [1.82, 2.24) is 35.1 Å². The molecule has 290 valence electrons. The van der Waals surface area contributed by atoms with E-state index in [2.05, 4.69) is 42.0 Å². The number of methoxy groups -OCH3 is 1. The number of aromatic nitrogens is 4.